The maximum Gasteiger partial charge on any atom is 0.262 e. The maximum absolute atomic E-state index is 12.8. The van der Waals surface area contributed by atoms with Crippen molar-refractivity contribution in [1.82, 2.24) is 9.80 Å². The molecule has 24 heavy (non-hydrogen) atoms. The van der Waals surface area contributed by atoms with Gasteiger partial charge >= 0.3 is 0 Å². The summed E-state index contributed by atoms with van der Waals surface area (Å²) >= 11 is 0. The molecule has 130 valence electrons. The minimum Gasteiger partial charge on any atom is -0.334 e. The van der Waals surface area contributed by atoms with Crippen LogP contribution in [0.4, 0.5) is 0 Å². The van der Waals surface area contributed by atoms with Crippen LogP contribution in [0.5, 0.6) is 0 Å². The Kier molecular flexibility index (Phi) is 4.57. The Labute approximate surface area is 143 Å². The molecule has 5 nitrogen and oxygen atoms in total. The molecular formula is C19H26N2O3. The van der Waals surface area contributed by atoms with E-state index in [-0.39, 0.29) is 29.8 Å². The number of benzene rings is 1. The van der Waals surface area contributed by atoms with Gasteiger partial charge in [0.2, 0.25) is 0 Å². The molecule has 1 heterocycles. The number of amides is 3. The molecule has 2 rings (SSSR count). The maximum atomic E-state index is 12.8. The van der Waals surface area contributed by atoms with Crippen molar-refractivity contribution in [1.29, 1.82) is 0 Å². The Morgan fingerprint density at radius 1 is 0.958 bits per heavy atom. The van der Waals surface area contributed by atoms with Crippen molar-refractivity contribution in [2.24, 2.45) is 0 Å². The Hall–Kier alpha value is -2.17. The van der Waals surface area contributed by atoms with Crippen LogP contribution < -0.4 is 0 Å². The zero-order chi connectivity index (χ0) is 18.4. The van der Waals surface area contributed by atoms with Gasteiger partial charge in [-0.15, -0.1) is 0 Å². The summed E-state index contributed by atoms with van der Waals surface area (Å²) in [6, 6.07) is 4.88. The zero-order valence-electron chi connectivity index (χ0n) is 15.5. The minimum atomic E-state index is -0.598. The Morgan fingerprint density at radius 2 is 1.46 bits per heavy atom. The number of carbonyl (C=O) groups is 3. The van der Waals surface area contributed by atoms with E-state index < -0.39 is 5.54 Å². The van der Waals surface area contributed by atoms with Crippen LogP contribution in [0.3, 0.4) is 0 Å². The second kappa shape index (κ2) is 6.04. The van der Waals surface area contributed by atoms with Gasteiger partial charge in [0.05, 0.1) is 11.1 Å². The average Bonchev–Trinajstić information content (AvgIpc) is 2.69. The van der Waals surface area contributed by atoms with Crippen LogP contribution in [-0.2, 0) is 0 Å². The smallest absolute Gasteiger partial charge is 0.262 e. The van der Waals surface area contributed by atoms with E-state index in [1.165, 1.54) is 4.90 Å². The van der Waals surface area contributed by atoms with Gasteiger partial charge in [-0.25, -0.2) is 0 Å². The number of nitrogens with zero attached hydrogens (tertiary/aromatic N) is 2. The van der Waals surface area contributed by atoms with E-state index in [9.17, 15) is 14.4 Å². The van der Waals surface area contributed by atoms with Crippen molar-refractivity contribution in [2.45, 2.75) is 66.1 Å². The van der Waals surface area contributed by atoms with Crippen LogP contribution in [0.1, 0.15) is 79.5 Å². The minimum absolute atomic E-state index is 0.0501. The fraction of sp³-hybridized carbons (Fsp3) is 0.526. The molecule has 5 heteroatoms. The van der Waals surface area contributed by atoms with Crippen molar-refractivity contribution in [3.63, 3.8) is 0 Å². The van der Waals surface area contributed by atoms with Gasteiger partial charge in [0.1, 0.15) is 0 Å². The molecule has 0 atom stereocenters. The number of imide groups is 1. The van der Waals surface area contributed by atoms with Crippen LogP contribution in [0.25, 0.3) is 0 Å². The number of fused-ring (bicyclic) bond motifs is 1. The molecule has 0 spiro atoms. The van der Waals surface area contributed by atoms with E-state index in [2.05, 4.69) is 0 Å². The molecule has 0 saturated carbocycles. The third-order valence-electron chi connectivity index (χ3n) is 4.15. The summed E-state index contributed by atoms with van der Waals surface area (Å²) in [5, 5.41) is 0. The third-order valence-corrected chi connectivity index (χ3v) is 4.15. The molecule has 0 radical (unpaired) electrons. The molecule has 3 amide bonds. The predicted molar refractivity (Wildman–Crippen MR) is 93.1 cm³/mol. The van der Waals surface area contributed by atoms with Gasteiger partial charge in [-0.3, -0.25) is 19.3 Å². The highest BCUT2D eigenvalue weighted by molar-refractivity contribution is 6.22. The molecule has 1 aliphatic rings. The van der Waals surface area contributed by atoms with E-state index in [4.69, 9.17) is 0 Å². The van der Waals surface area contributed by atoms with Crippen molar-refractivity contribution in [3.8, 4) is 0 Å². The lowest BCUT2D eigenvalue weighted by molar-refractivity contribution is 0.0507. The average molecular weight is 330 g/mol. The van der Waals surface area contributed by atoms with Crippen molar-refractivity contribution in [2.75, 3.05) is 0 Å². The monoisotopic (exact) mass is 330 g/mol. The number of hydrogen-bond acceptors (Lipinski definition) is 3. The summed E-state index contributed by atoms with van der Waals surface area (Å²) in [6.45, 7) is 13.3. The third kappa shape index (κ3) is 2.95. The zero-order valence-corrected chi connectivity index (χ0v) is 15.5. The molecule has 0 fully saturated rings. The van der Waals surface area contributed by atoms with Gasteiger partial charge < -0.3 is 4.90 Å². The predicted octanol–water partition coefficient (Wildman–Crippen LogP) is 3.34. The fourth-order valence-corrected chi connectivity index (χ4v) is 3.20. The lowest BCUT2D eigenvalue weighted by Crippen LogP contribution is -2.45. The molecule has 0 unspecified atom stereocenters. The van der Waals surface area contributed by atoms with E-state index in [1.54, 1.807) is 23.1 Å². The van der Waals surface area contributed by atoms with Crippen molar-refractivity contribution < 1.29 is 14.4 Å². The molecule has 0 saturated heterocycles. The molecule has 1 aliphatic heterocycles. The normalized spacial score (nSPS) is 14.6. The topological polar surface area (TPSA) is 57.7 Å². The number of carbonyl (C=O) groups excluding carboxylic acids is 3. The SMILES string of the molecule is CC(C)N(C(=O)c1ccc2c(c1)C(=O)N(C(C)(C)C)C2=O)C(C)C. The first kappa shape index (κ1) is 18.2. The quantitative estimate of drug-likeness (QED) is 0.799. The summed E-state index contributed by atoms with van der Waals surface area (Å²) in [5.74, 6) is -0.763. The van der Waals surface area contributed by atoms with Crippen LogP contribution in [-0.4, -0.2) is 45.1 Å². The van der Waals surface area contributed by atoms with E-state index >= 15 is 0 Å². The fourth-order valence-electron chi connectivity index (χ4n) is 3.20. The highest BCUT2D eigenvalue weighted by Gasteiger charge is 2.42. The van der Waals surface area contributed by atoms with Gasteiger partial charge in [-0.2, -0.15) is 0 Å². The molecule has 1 aromatic rings. The standard InChI is InChI=1S/C19H26N2O3/c1-11(2)20(12(3)4)16(22)13-8-9-14-15(10-13)18(24)21(17(14)23)19(5,6)7/h8-12H,1-7H3. The molecular weight excluding hydrogens is 304 g/mol. The molecule has 1 aromatic carbocycles. The van der Waals surface area contributed by atoms with E-state index in [0.29, 0.717) is 16.7 Å². The largest absolute Gasteiger partial charge is 0.334 e. The molecule has 0 N–H and O–H groups in total. The van der Waals surface area contributed by atoms with Crippen molar-refractivity contribution >= 4 is 17.7 Å². The van der Waals surface area contributed by atoms with Crippen LogP contribution in [0.15, 0.2) is 18.2 Å². The number of rotatable bonds is 3. The Morgan fingerprint density at radius 3 is 1.92 bits per heavy atom. The summed E-state index contributed by atoms with van der Waals surface area (Å²) in [6.07, 6.45) is 0. The highest BCUT2D eigenvalue weighted by Crippen LogP contribution is 2.30. The molecule has 0 aromatic heterocycles. The van der Waals surface area contributed by atoms with E-state index in [0.717, 1.165) is 0 Å². The lowest BCUT2D eigenvalue weighted by Gasteiger charge is -2.31. The second-order valence-electron chi connectivity index (χ2n) is 7.78. The van der Waals surface area contributed by atoms with Gasteiger partial charge in [0.15, 0.2) is 0 Å². The summed E-state index contributed by atoms with van der Waals surface area (Å²) in [7, 11) is 0. The highest BCUT2D eigenvalue weighted by atomic mass is 16.2. The summed E-state index contributed by atoms with van der Waals surface area (Å²) < 4.78 is 0. The lowest BCUT2D eigenvalue weighted by atomic mass is 10.0. The van der Waals surface area contributed by atoms with Crippen LogP contribution in [0, 0.1) is 0 Å². The van der Waals surface area contributed by atoms with Gasteiger partial charge in [-0.1, -0.05) is 0 Å². The van der Waals surface area contributed by atoms with Gasteiger partial charge in [0, 0.05) is 23.2 Å². The first-order valence-corrected chi connectivity index (χ1v) is 8.32. The number of hydrogen-bond donors (Lipinski definition) is 0. The molecule has 0 bridgehead atoms. The van der Waals surface area contributed by atoms with Gasteiger partial charge in [-0.05, 0) is 66.7 Å². The summed E-state index contributed by atoms with van der Waals surface area (Å²) in [4.78, 5) is 41.0. The first-order chi connectivity index (χ1) is 11.0. The van der Waals surface area contributed by atoms with Crippen LogP contribution in [0.2, 0.25) is 0 Å². The first-order valence-electron chi connectivity index (χ1n) is 8.32. The van der Waals surface area contributed by atoms with Crippen molar-refractivity contribution in [3.05, 3.63) is 34.9 Å². The van der Waals surface area contributed by atoms with E-state index in [1.807, 2.05) is 48.5 Å². The summed E-state index contributed by atoms with van der Waals surface area (Å²) in [5.41, 5.74) is 0.521. The van der Waals surface area contributed by atoms with Gasteiger partial charge in [0.25, 0.3) is 17.7 Å². The Bertz CT molecular complexity index is 691. The van der Waals surface area contributed by atoms with Crippen LogP contribution >= 0.6 is 0 Å². The Balaban J connectivity index is 2.45. The molecule has 0 aliphatic carbocycles. The second-order valence-corrected chi connectivity index (χ2v) is 7.78.